The van der Waals surface area contributed by atoms with Crippen molar-refractivity contribution in [3.63, 3.8) is 0 Å². The molecule has 10 nitrogen and oxygen atoms in total. The molecule has 0 aliphatic carbocycles. The number of rotatable bonds is 3. The molecular formula is C21H35N7O3. The maximum absolute atomic E-state index is 12.7. The van der Waals surface area contributed by atoms with Gasteiger partial charge in [-0.2, -0.15) is 5.10 Å². The summed E-state index contributed by atoms with van der Waals surface area (Å²) in [6, 6.07) is 0.0349. The van der Waals surface area contributed by atoms with Gasteiger partial charge in [-0.25, -0.2) is 4.79 Å². The topological polar surface area (TPSA) is 95.3 Å². The number of piperidine rings is 1. The van der Waals surface area contributed by atoms with Gasteiger partial charge in [-0.15, -0.1) is 0 Å². The van der Waals surface area contributed by atoms with Crippen molar-refractivity contribution in [3.8, 4) is 0 Å². The van der Waals surface area contributed by atoms with Crippen molar-refractivity contribution < 1.29 is 14.3 Å². The minimum Gasteiger partial charge on any atom is -0.444 e. The normalized spacial score (nSPS) is 20.8. The number of carbonyl (C=O) groups excluding carboxylic acids is 2. The van der Waals surface area contributed by atoms with Crippen molar-refractivity contribution >= 4 is 23.6 Å². The number of hydrogen-bond donors (Lipinski definition) is 1. The fourth-order valence-corrected chi connectivity index (χ4v) is 3.99. The third-order valence-electron chi connectivity index (χ3n) is 5.49. The van der Waals surface area contributed by atoms with E-state index in [0.29, 0.717) is 32.1 Å². The van der Waals surface area contributed by atoms with E-state index in [0.717, 1.165) is 24.9 Å². The van der Waals surface area contributed by atoms with Crippen LogP contribution >= 0.6 is 0 Å². The Kier molecular flexibility index (Phi) is 7.07. The van der Waals surface area contributed by atoms with E-state index in [-0.39, 0.29) is 24.6 Å². The number of aryl methyl sites for hydroxylation is 1. The molecule has 1 aromatic rings. The molecule has 0 spiro atoms. The molecule has 0 aromatic carbocycles. The number of guanidine groups is 1. The number of likely N-dealkylation sites (tertiary alicyclic amines) is 1. The van der Waals surface area contributed by atoms with E-state index >= 15 is 0 Å². The summed E-state index contributed by atoms with van der Waals surface area (Å²) < 4.78 is 7.28. The van der Waals surface area contributed by atoms with Gasteiger partial charge in [0, 0.05) is 46.5 Å². The van der Waals surface area contributed by atoms with Gasteiger partial charge in [0.15, 0.2) is 5.96 Å². The van der Waals surface area contributed by atoms with Crippen molar-refractivity contribution in [1.29, 1.82) is 0 Å². The fourth-order valence-electron chi connectivity index (χ4n) is 3.99. The molecule has 2 aliphatic rings. The van der Waals surface area contributed by atoms with Crippen LogP contribution in [0.3, 0.4) is 0 Å². The highest BCUT2D eigenvalue weighted by molar-refractivity contribution is 5.98. The van der Waals surface area contributed by atoms with E-state index in [1.165, 1.54) is 0 Å². The summed E-state index contributed by atoms with van der Waals surface area (Å²) in [6.07, 6.45) is 6.25. The predicted octanol–water partition coefficient (Wildman–Crippen LogP) is 1.43. The molecule has 0 radical (unpaired) electrons. The first-order chi connectivity index (χ1) is 14.7. The number of aromatic nitrogens is 2. The van der Waals surface area contributed by atoms with Crippen molar-refractivity contribution in [3.05, 3.63) is 12.4 Å². The number of amides is 2. The van der Waals surface area contributed by atoms with Crippen LogP contribution in [-0.4, -0.2) is 89.0 Å². The highest BCUT2D eigenvalue weighted by atomic mass is 16.6. The molecule has 1 unspecified atom stereocenters. The second kappa shape index (κ2) is 9.57. The Morgan fingerprint density at radius 1 is 1.29 bits per heavy atom. The largest absolute Gasteiger partial charge is 0.444 e. The lowest BCUT2D eigenvalue weighted by Crippen LogP contribution is -2.57. The molecule has 0 bridgehead atoms. The van der Waals surface area contributed by atoms with E-state index in [2.05, 4.69) is 15.4 Å². The van der Waals surface area contributed by atoms with Gasteiger partial charge in [0.1, 0.15) is 12.1 Å². The lowest BCUT2D eigenvalue weighted by Gasteiger charge is -2.38. The lowest BCUT2D eigenvalue weighted by atomic mass is 10.0. The summed E-state index contributed by atoms with van der Waals surface area (Å²) in [5.74, 6) is 0.684. The van der Waals surface area contributed by atoms with Crippen molar-refractivity contribution in [2.24, 2.45) is 12.0 Å². The van der Waals surface area contributed by atoms with Crippen LogP contribution in [0.5, 0.6) is 0 Å². The van der Waals surface area contributed by atoms with Crippen LogP contribution in [0.4, 0.5) is 10.5 Å². The molecule has 10 heteroatoms. The second-order valence-corrected chi connectivity index (χ2v) is 9.09. The Morgan fingerprint density at radius 2 is 2.06 bits per heavy atom. The van der Waals surface area contributed by atoms with Gasteiger partial charge in [-0.3, -0.25) is 14.5 Å². The third kappa shape index (κ3) is 5.89. The van der Waals surface area contributed by atoms with Crippen molar-refractivity contribution in [2.45, 2.75) is 51.7 Å². The van der Waals surface area contributed by atoms with E-state index in [9.17, 15) is 9.59 Å². The quantitative estimate of drug-likeness (QED) is 0.572. The number of ether oxygens (including phenoxy) is 1. The standard InChI is InChI=1S/C21H35N7O3/c1-21(2,3)31-20(30)28-9-7-6-8-16(28)12-23-19(22-4)26-10-11-27(18(29)15-26)17-13-24-25(5)14-17/h13-14,16H,6-12,15H2,1-5H3,(H,22,23). The van der Waals surface area contributed by atoms with E-state index < -0.39 is 5.60 Å². The zero-order valence-corrected chi connectivity index (χ0v) is 19.3. The SMILES string of the molecule is CN=C(NCC1CCCCN1C(=O)OC(C)(C)C)N1CCN(c2cnn(C)c2)C(=O)C1. The molecule has 3 heterocycles. The van der Waals surface area contributed by atoms with Crippen molar-refractivity contribution in [1.82, 2.24) is 24.9 Å². The lowest BCUT2D eigenvalue weighted by molar-refractivity contribution is -0.120. The maximum Gasteiger partial charge on any atom is 0.410 e. The van der Waals surface area contributed by atoms with E-state index in [4.69, 9.17) is 4.74 Å². The van der Waals surface area contributed by atoms with Crippen molar-refractivity contribution in [2.75, 3.05) is 44.7 Å². The number of nitrogens with one attached hydrogen (secondary N) is 1. The molecule has 2 amide bonds. The Morgan fingerprint density at radius 3 is 2.68 bits per heavy atom. The molecule has 3 rings (SSSR count). The molecule has 172 valence electrons. The predicted molar refractivity (Wildman–Crippen MR) is 119 cm³/mol. The van der Waals surface area contributed by atoms with Crippen LogP contribution in [0.25, 0.3) is 0 Å². The van der Waals surface area contributed by atoms with Gasteiger partial charge in [-0.05, 0) is 40.0 Å². The Hall–Kier alpha value is -2.78. The van der Waals surface area contributed by atoms with Gasteiger partial charge in [-0.1, -0.05) is 0 Å². The monoisotopic (exact) mass is 433 g/mol. The van der Waals surface area contributed by atoms with Gasteiger partial charge >= 0.3 is 6.09 Å². The minimum absolute atomic E-state index is 0.00949. The zero-order chi connectivity index (χ0) is 22.6. The van der Waals surface area contributed by atoms with Gasteiger partial charge in [0.2, 0.25) is 5.91 Å². The minimum atomic E-state index is -0.517. The summed E-state index contributed by atoms with van der Waals surface area (Å²) in [6.45, 7) is 8.39. The fraction of sp³-hybridized carbons (Fsp3) is 0.714. The number of anilines is 1. The third-order valence-corrected chi connectivity index (χ3v) is 5.49. The summed E-state index contributed by atoms with van der Waals surface area (Å²) in [5.41, 5.74) is 0.293. The summed E-state index contributed by atoms with van der Waals surface area (Å²) in [5, 5.41) is 7.53. The number of aliphatic imine (C=N–C) groups is 1. The van der Waals surface area contributed by atoms with Crippen LogP contribution in [0.2, 0.25) is 0 Å². The Balaban J connectivity index is 1.57. The summed E-state index contributed by atoms with van der Waals surface area (Å²) in [7, 11) is 3.55. The van der Waals surface area contributed by atoms with E-state index in [1.54, 1.807) is 22.8 Å². The number of hydrogen-bond acceptors (Lipinski definition) is 5. The molecule has 1 aromatic heterocycles. The summed E-state index contributed by atoms with van der Waals surface area (Å²) in [4.78, 5) is 35.2. The van der Waals surface area contributed by atoms with Gasteiger partial charge in [0.05, 0.1) is 17.9 Å². The Labute approximate surface area is 184 Å². The van der Waals surface area contributed by atoms with Gasteiger partial charge < -0.3 is 24.8 Å². The van der Waals surface area contributed by atoms with Crippen LogP contribution < -0.4 is 10.2 Å². The molecule has 2 aliphatic heterocycles. The average molecular weight is 434 g/mol. The Bertz CT molecular complexity index is 814. The van der Waals surface area contributed by atoms with Crippen LogP contribution in [0, 0.1) is 0 Å². The molecule has 2 fully saturated rings. The number of piperazine rings is 1. The molecule has 2 saturated heterocycles. The molecule has 1 N–H and O–H groups in total. The average Bonchev–Trinajstić information content (AvgIpc) is 3.13. The molecule has 31 heavy (non-hydrogen) atoms. The highest BCUT2D eigenvalue weighted by Crippen LogP contribution is 2.20. The highest BCUT2D eigenvalue weighted by Gasteiger charge is 2.32. The maximum atomic E-state index is 12.7. The van der Waals surface area contributed by atoms with E-state index in [1.807, 2.05) is 43.8 Å². The summed E-state index contributed by atoms with van der Waals surface area (Å²) >= 11 is 0. The van der Waals surface area contributed by atoms with Crippen LogP contribution in [0.1, 0.15) is 40.0 Å². The zero-order valence-electron chi connectivity index (χ0n) is 19.3. The first-order valence-corrected chi connectivity index (χ1v) is 10.9. The molecule has 0 saturated carbocycles. The van der Waals surface area contributed by atoms with Crippen LogP contribution in [-0.2, 0) is 16.6 Å². The smallest absolute Gasteiger partial charge is 0.410 e. The number of nitrogens with zero attached hydrogens (tertiary/aromatic N) is 6. The number of carbonyl (C=O) groups is 2. The first-order valence-electron chi connectivity index (χ1n) is 10.9. The first kappa shape index (κ1) is 22.9. The van der Waals surface area contributed by atoms with Crippen LogP contribution in [0.15, 0.2) is 17.4 Å². The second-order valence-electron chi connectivity index (χ2n) is 9.09. The molecular weight excluding hydrogens is 398 g/mol. The molecule has 1 atom stereocenters. The van der Waals surface area contributed by atoms with Gasteiger partial charge in [0.25, 0.3) is 0 Å².